The van der Waals surface area contributed by atoms with E-state index < -0.39 is 0 Å². The first-order valence-electron chi connectivity index (χ1n) is 6.42. The van der Waals surface area contributed by atoms with Crippen molar-refractivity contribution < 1.29 is 19.8 Å². The van der Waals surface area contributed by atoms with Gasteiger partial charge in [-0.3, -0.25) is 0 Å². The van der Waals surface area contributed by atoms with Crippen LogP contribution in [0.2, 0.25) is 5.02 Å². The standard InChI is InChI=1S/C15H14ClN3O4/c1-22-14-7-12(15(23-2)6-11(14)16)19-18-10-3-4-13(20)9(5-10)8-17-21/h3-8,20-21H,1-2H3. The maximum absolute atomic E-state index is 9.61. The molecule has 0 bridgehead atoms. The normalized spacial score (nSPS) is 11.3. The zero-order chi connectivity index (χ0) is 16.8. The van der Waals surface area contributed by atoms with Crippen LogP contribution in [0.4, 0.5) is 11.4 Å². The number of azo groups is 1. The number of phenols is 1. The van der Waals surface area contributed by atoms with E-state index in [1.807, 2.05) is 0 Å². The molecule has 120 valence electrons. The van der Waals surface area contributed by atoms with Gasteiger partial charge in [-0.1, -0.05) is 16.8 Å². The van der Waals surface area contributed by atoms with E-state index in [0.29, 0.717) is 33.5 Å². The fourth-order valence-electron chi connectivity index (χ4n) is 1.80. The minimum atomic E-state index is -0.0347. The average molecular weight is 336 g/mol. The summed E-state index contributed by atoms with van der Waals surface area (Å²) in [7, 11) is 2.99. The van der Waals surface area contributed by atoms with Gasteiger partial charge in [-0.25, -0.2) is 0 Å². The fourth-order valence-corrected chi connectivity index (χ4v) is 2.03. The van der Waals surface area contributed by atoms with Crippen molar-refractivity contribution in [3.05, 3.63) is 40.9 Å². The van der Waals surface area contributed by atoms with Crippen LogP contribution in [0.15, 0.2) is 45.7 Å². The van der Waals surface area contributed by atoms with E-state index in [2.05, 4.69) is 15.4 Å². The lowest BCUT2D eigenvalue weighted by molar-refractivity contribution is 0.321. The minimum Gasteiger partial charge on any atom is -0.507 e. The van der Waals surface area contributed by atoms with E-state index in [-0.39, 0.29) is 5.75 Å². The Hall–Kier alpha value is -2.80. The molecule has 7 nitrogen and oxygen atoms in total. The Morgan fingerprint density at radius 2 is 1.78 bits per heavy atom. The molecule has 0 atom stereocenters. The zero-order valence-corrected chi connectivity index (χ0v) is 13.2. The molecular formula is C15H14ClN3O4. The lowest BCUT2D eigenvalue weighted by Crippen LogP contribution is -1.88. The number of benzene rings is 2. The predicted octanol–water partition coefficient (Wildman–Crippen LogP) is 4.29. The lowest BCUT2D eigenvalue weighted by atomic mass is 10.2. The largest absolute Gasteiger partial charge is 0.507 e. The second kappa shape index (κ2) is 7.46. The van der Waals surface area contributed by atoms with E-state index in [9.17, 15) is 5.11 Å². The summed E-state index contributed by atoms with van der Waals surface area (Å²) in [6.07, 6.45) is 1.10. The molecule has 0 aliphatic rings. The highest BCUT2D eigenvalue weighted by Gasteiger charge is 2.09. The number of hydrogen-bond acceptors (Lipinski definition) is 7. The average Bonchev–Trinajstić information content (AvgIpc) is 2.56. The lowest BCUT2D eigenvalue weighted by Gasteiger charge is -2.08. The molecular weight excluding hydrogens is 322 g/mol. The summed E-state index contributed by atoms with van der Waals surface area (Å²) in [4.78, 5) is 0. The summed E-state index contributed by atoms with van der Waals surface area (Å²) in [5.74, 6) is 0.850. The Morgan fingerprint density at radius 1 is 1.04 bits per heavy atom. The summed E-state index contributed by atoms with van der Waals surface area (Å²) in [6.45, 7) is 0. The van der Waals surface area contributed by atoms with Crippen LogP contribution >= 0.6 is 11.6 Å². The van der Waals surface area contributed by atoms with Gasteiger partial charge in [0, 0.05) is 17.7 Å². The number of nitrogens with zero attached hydrogens (tertiary/aromatic N) is 3. The van der Waals surface area contributed by atoms with Crippen molar-refractivity contribution in [2.45, 2.75) is 0 Å². The first-order valence-corrected chi connectivity index (χ1v) is 6.80. The molecule has 23 heavy (non-hydrogen) atoms. The van der Waals surface area contributed by atoms with Gasteiger partial charge in [0.2, 0.25) is 0 Å². The second-order valence-corrected chi connectivity index (χ2v) is 4.75. The van der Waals surface area contributed by atoms with E-state index >= 15 is 0 Å². The number of methoxy groups -OCH3 is 2. The fraction of sp³-hybridized carbons (Fsp3) is 0.133. The third-order valence-corrected chi connectivity index (χ3v) is 3.23. The summed E-state index contributed by atoms with van der Waals surface area (Å²) >= 11 is 6.03. The Labute approximate surface area is 137 Å². The highest BCUT2D eigenvalue weighted by Crippen LogP contribution is 2.38. The number of aromatic hydroxyl groups is 1. The number of hydrogen-bond donors (Lipinski definition) is 2. The van der Waals surface area contributed by atoms with E-state index in [1.54, 1.807) is 18.2 Å². The van der Waals surface area contributed by atoms with Crippen molar-refractivity contribution in [1.82, 2.24) is 0 Å². The van der Waals surface area contributed by atoms with Crippen molar-refractivity contribution >= 4 is 29.2 Å². The van der Waals surface area contributed by atoms with Gasteiger partial charge in [0.25, 0.3) is 0 Å². The number of oxime groups is 1. The maximum Gasteiger partial charge on any atom is 0.148 e. The Kier molecular flexibility index (Phi) is 5.37. The summed E-state index contributed by atoms with van der Waals surface area (Å²) in [5, 5.41) is 29.6. The van der Waals surface area contributed by atoms with Crippen molar-refractivity contribution in [1.29, 1.82) is 0 Å². The number of rotatable bonds is 5. The van der Waals surface area contributed by atoms with Crippen LogP contribution < -0.4 is 9.47 Å². The molecule has 2 aromatic rings. The Bertz CT molecular complexity index is 763. The van der Waals surface area contributed by atoms with Crippen LogP contribution in [0.25, 0.3) is 0 Å². The van der Waals surface area contributed by atoms with Crippen LogP contribution in [-0.4, -0.2) is 30.7 Å². The Balaban J connectivity index is 2.38. The molecule has 0 fully saturated rings. The molecule has 0 aliphatic heterocycles. The molecule has 2 rings (SSSR count). The summed E-state index contributed by atoms with van der Waals surface area (Å²) < 4.78 is 10.3. The second-order valence-electron chi connectivity index (χ2n) is 4.35. The molecule has 2 aromatic carbocycles. The van der Waals surface area contributed by atoms with Crippen LogP contribution in [0.5, 0.6) is 17.2 Å². The molecule has 2 N–H and O–H groups in total. The number of phenolic OH excluding ortho intramolecular Hbond substituents is 1. The quantitative estimate of drug-likeness (QED) is 0.369. The van der Waals surface area contributed by atoms with Crippen LogP contribution in [0.3, 0.4) is 0 Å². The van der Waals surface area contributed by atoms with Gasteiger partial charge in [-0.2, -0.15) is 5.11 Å². The molecule has 0 heterocycles. The molecule has 0 aromatic heterocycles. The molecule has 0 unspecified atom stereocenters. The molecule has 0 saturated carbocycles. The molecule has 0 saturated heterocycles. The Morgan fingerprint density at radius 3 is 2.43 bits per heavy atom. The maximum atomic E-state index is 9.61. The van der Waals surface area contributed by atoms with Gasteiger partial charge in [-0.15, -0.1) is 5.11 Å². The third kappa shape index (κ3) is 3.89. The van der Waals surface area contributed by atoms with Crippen molar-refractivity contribution in [2.24, 2.45) is 15.4 Å². The van der Waals surface area contributed by atoms with Gasteiger partial charge in [0.15, 0.2) is 0 Å². The summed E-state index contributed by atoms with van der Waals surface area (Å²) in [5.41, 5.74) is 1.19. The third-order valence-electron chi connectivity index (χ3n) is 2.93. The molecule has 0 radical (unpaired) electrons. The van der Waals surface area contributed by atoms with Gasteiger partial charge in [-0.05, 0) is 18.2 Å². The van der Waals surface area contributed by atoms with E-state index in [0.717, 1.165) is 6.21 Å². The molecule has 0 spiro atoms. The number of halogens is 1. The monoisotopic (exact) mass is 335 g/mol. The van der Waals surface area contributed by atoms with Gasteiger partial charge >= 0.3 is 0 Å². The minimum absolute atomic E-state index is 0.0347. The highest BCUT2D eigenvalue weighted by molar-refractivity contribution is 6.32. The van der Waals surface area contributed by atoms with Crippen molar-refractivity contribution in [3.8, 4) is 17.2 Å². The molecule has 0 aliphatic carbocycles. The highest BCUT2D eigenvalue weighted by atomic mass is 35.5. The van der Waals surface area contributed by atoms with Crippen molar-refractivity contribution in [2.75, 3.05) is 14.2 Å². The van der Waals surface area contributed by atoms with Gasteiger partial charge in [0.1, 0.15) is 22.9 Å². The van der Waals surface area contributed by atoms with Crippen LogP contribution in [0.1, 0.15) is 5.56 Å². The smallest absolute Gasteiger partial charge is 0.148 e. The summed E-state index contributed by atoms with van der Waals surface area (Å²) in [6, 6.07) is 7.67. The van der Waals surface area contributed by atoms with E-state index in [4.69, 9.17) is 26.3 Å². The molecule has 8 heteroatoms. The van der Waals surface area contributed by atoms with Crippen LogP contribution in [0, 0.1) is 0 Å². The topological polar surface area (TPSA) is 96.0 Å². The number of ether oxygens (including phenoxy) is 2. The SMILES string of the molecule is COc1cc(N=Nc2ccc(O)c(C=NO)c2)c(OC)cc1Cl. The zero-order valence-electron chi connectivity index (χ0n) is 12.4. The van der Waals surface area contributed by atoms with Gasteiger partial charge in [0.05, 0.1) is 31.1 Å². The van der Waals surface area contributed by atoms with Gasteiger partial charge < -0.3 is 19.8 Å². The predicted molar refractivity (Wildman–Crippen MR) is 86.2 cm³/mol. The molecule has 0 amide bonds. The first kappa shape index (κ1) is 16.6. The van der Waals surface area contributed by atoms with Crippen LogP contribution in [-0.2, 0) is 0 Å². The first-order chi connectivity index (χ1) is 11.1. The van der Waals surface area contributed by atoms with Crippen molar-refractivity contribution in [3.63, 3.8) is 0 Å². The van der Waals surface area contributed by atoms with E-state index in [1.165, 1.54) is 26.4 Å².